The molecule has 0 fully saturated rings. The Morgan fingerprint density at radius 1 is 1.37 bits per heavy atom. The van der Waals surface area contributed by atoms with Crippen LogP contribution in [-0.2, 0) is 6.42 Å². The summed E-state index contributed by atoms with van der Waals surface area (Å²) in [5.74, 6) is -0.230. The number of aromatic nitrogens is 1. The fourth-order valence-corrected chi connectivity index (χ4v) is 2.28. The summed E-state index contributed by atoms with van der Waals surface area (Å²) in [4.78, 5) is 4.11. The van der Waals surface area contributed by atoms with Crippen molar-refractivity contribution < 1.29 is 4.39 Å². The molecular formula is C15H16BrFN2. The molecule has 0 radical (unpaired) electrons. The van der Waals surface area contributed by atoms with Crippen molar-refractivity contribution in [2.45, 2.75) is 19.4 Å². The number of likely N-dealkylation sites (N-methyl/N-ethyl adjacent to an activating group) is 1. The highest BCUT2D eigenvalue weighted by atomic mass is 79.9. The maximum absolute atomic E-state index is 13.6. The summed E-state index contributed by atoms with van der Waals surface area (Å²) in [6, 6.07) is 9.31. The number of rotatable bonds is 5. The molecule has 1 aromatic heterocycles. The molecular weight excluding hydrogens is 307 g/mol. The first-order valence-electron chi connectivity index (χ1n) is 6.28. The lowest BCUT2D eigenvalue weighted by atomic mass is 10.00. The van der Waals surface area contributed by atoms with Gasteiger partial charge in [0.1, 0.15) is 5.82 Å². The van der Waals surface area contributed by atoms with Crippen LogP contribution in [-0.4, -0.2) is 11.5 Å². The van der Waals surface area contributed by atoms with Crippen LogP contribution in [0.25, 0.3) is 0 Å². The molecule has 2 aromatic rings. The molecule has 0 spiro atoms. The molecule has 1 N–H and O–H groups in total. The van der Waals surface area contributed by atoms with E-state index in [0.29, 0.717) is 4.47 Å². The molecule has 1 aromatic carbocycles. The van der Waals surface area contributed by atoms with Crippen molar-refractivity contribution in [1.29, 1.82) is 0 Å². The average Bonchev–Trinajstić information content (AvgIpc) is 2.43. The standard InChI is InChI=1S/C15H16BrFN2/c1-2-19-15(8-11-4-3-7-18-10-11)12-5-6-13(16)14(17)9-12/h3-7,9-10,15,19H,2,8H2,1H3. The highest BCUT2D eigenvalue weighted by Gasteiger charge is 2.13. The van der Waals surface area contributed by atoms with Crippen molar-refractivity contribution in [3.63, 3.8) is 0 Å². The first-order valence-corrected chi connectivity index (χ1v) is 7.07. The summed E-state index contributed by atoms with van der Waals surface area (Å²) < 4.78 is 14.1. The van der Waals surface area contributed by atoms with Gasteiger partial charge in [-0.2, -0.15) is 0 Å². The van der Waals surface area contributed by atoms with Crippen LogP contribution in [0.1, 0.15) is 24.1 Å². The second kappa shape index (κ2) is 6.78. The molecule has 0 aliphatic heterocycles. The van der Waals surface area contributed by atoms with Gasteiger partial charge >= 0.3 is 0 Å². The van der Waals surface area contributed by atoms with Crippen LogP contribution in [0, 0.1) is 5.82 Å². The van der Waals surface area contributed by atoms with Gasteiger partial charge in [-0.05, 0) is 58.2 Å². The quantitative estimate of drug-likeness (QED) is 0.903. The maximum Gasteiger partial charge on any atom is 0.137 e. The smallest absolute Gasteiger partial charge is 0.137 e. The molecule has 0 saturated heterocycles. The second-order valence-electron chi connectivity index (χ2n) is 4.35. The van der Waals surface area contributed by atoms with Crippen molar-refractivity contribution in [2.24, 2.45) is 0 Å². The molecule has 19 heavy (non-hydrogen) atoms. The zero-order valence-corrected chi connectivity index (χ0v) is 12.3. The summed E-state index contributed by atoms with van der Waals surface area (Å²) in [6.07, 6.45) is 4.40. The molecule has 0 bridgehead atoms. The van der Waals surface area contributed by atoms with E-state index >= 15 is 0 Å². The lowest BCUT2D eigenvalue weighted by Gasteiger charge is -2.18. The molecule has 0 aliphatic carbocycles. The third-order valence-electron chi connectivity index (χ3n) is 2.96. The molecule has 2 nitrogen and oxygen atoms in total. The van der Waals surface area contributed by atoms with Gasteiger partial charge in [-0.1, -0.05) is 19.1 Å². The van der Waals surface area contributed by atoms with Gasteiger partial charge in [-0.25, -0.2) is 4.39 Å². The van der Waals surface area contributed by atoms with E-state index in [9.17, 15) is 4.39 Å². The van der Waals surface area contributed by atoms with Gasteiger partial charge in [0, 0.05) is 18.4 Å². The average molecular weight is 323 g/mol. The number of benzene rings is 1. The Labute approximate surface area is 121 Å². The Bertz CT molecular complexity index is 531. The summed E-state index contributed by atoms with van der Waals surface area (Å²) >= 11 is 3.18. The molecule has 2 rings (SSSR count). The molecule has 100 valence electrons. The lowest BCUT2D eigenvalue weighted by Crippen LogP contribution is -2.23. The van der Waals surface area contributed by atoms with Gasteiger partial charge in [0.25, 0.3) is 0 Å². The van der Waals surface area contributed by atoms with Crippen LogP contribution in [0.4, 0.5) is 4.39 Å². The summed E-state index contributed by atoms with van der Waals surface area (Å²) in [5.41, 5.74) is 2.09. The Hall–Kier alpha value is -1.26. The van der Waals surface area contributed by atoms with Crippen LogP contribution in [0.5, 0.6) is 0 Å². The Balaban J connectivity index is 2.21. The highest BCUT2D eigenvalue weighted by molar-refractivity contribution is 9.10. The minimum absolute atomic E-state index is 0.0943. The van der Waals surface area contributed by atoms with Gasteiger partial charge in [0.05, 0.1) is 4.47 Å². The van der Waals surface area contributed by atoms with Crippen molar-refractivity contribution in [3.8, 4) is 0 Å². The largest absolute Gasteiger partial charge is 0.310 e. The molecule has 0 aliphatic rings. The van der Waals surface area contributed by atoms with Gasteiger partial charge in [0.15, 0.2) is 0 Å². The topological polar surface area (TPSA) is 24.9 Å². The first-order chi connectivity index (χ1) is 9.20. The number of nitrogens with one attached hydrogen (secondary N) is 1. The van der Waals surface area contributed by atoms with E-state index in [-0.39, 0.29) is 11.9 Å². The van der Waals surface area contributed by atoms with Gasteiger partial charge < -0.3 is 5.32 Å². The molecule has 1 unspecified atom stereocenters. The van der Waals surface area contributed by atoms with Crippen molar-refractivity contribution in [1.82, 2.24) is 10.3 Å². The number of pyridine rings is 1. The Morgan fingerprint density at radius 3 is 2.84 bits per heavy atom. The van der Waals surface area contributed by atoms with Crippen LogP contribution in [0.15, 0.2) is 47.2 Å². The minimum Gasteiger partial charge on any atom is -0.310 e. The highest BCUT2D eigenvalue weighted by Crippen LogP contribution is 2.23. The Kier molecular flexibility index (Phi) is 5.05. The molecule has 0 amide bonds. The van der Waals surface area contributed by atoms with E-state index in [1.165, 1.54) is 0 Å². The summed E-state index contributed by atoms with van der Waals surface area (Å²) in [6.45, 7) is 2.88. The zero-order chi connectivity index (χ0) is 13.7. The predicted octanol–water partition coefficient (Wildman–Crippen LogP) is 3.88. The summed E-state index contributed by atoms with van der Waals surface area (Å²) in [7, 11) is 0. The van der Waals surface area contributed by atoms with E-state index in [4.69, 9.17) is 0 Å². The van der Waals surface area contributed by atoms with Crippen LogP contribution in [0.2, 0.25) is 0 Å². The first kappa shape index (κ1) is 14.2. The monoisotopic (exact) mass is 322 g/mol. The van der Waals surface area contributed by atoms with Gasteiger partial charge in [-0.15, -0.1) is 0 Å². The SMILES string of the molecule is CCNC(Cc1cccnc1)c1ccc(Br)c(F)c1. The molecule has 1 heterocycles. The second-order valence-corrected chi connectivity index (χ2v) is 5.20. The van der Waals surface area contributed by atoms with Crippen LogP contribution >= 0.6 is 15.9 Å². The van der Waals surface area contributed by atoms with E-state index < -0.39 is 0 Å². The third kappa shape index (κ3) is 3.85. The van der Waals surface area contributed by atoms with Crippen molar-refractivity contribution >= 4 is 15.9 Å². The van der Waals surface area contributed by atoms with Crippen molar-refractivity contribution in [2.75, 3.05) is 6.54 Å². The van der Waals surface area contributed by atoms with Crippen molar-refractivity contribution in [3.05, 3.63) is 64.1 Å². The normalized spacial score (nSPS) is 12.4. The predicted molar refractivity (Wildman–Crippen MR) is 78.5 cm³/mol. The summed E-state index contributed by atoms with van der Waals surface area (Å²) in [5, 5.41) is 3.38. The van der Waals surface area contributed by atoms with E-state index in [0.717, 1.165) is 24.1 Å². The van der Waals surface area contributed by atoms with Gasteiger partial charge in [0.2, 0.25) is 0 Å². The van der Waals surface area contributed by atoms with E-state index in [2.05, 4.69) is 26.2 Å². The maximum atomic E-state index is 13.6. The number of nitrogens with zero attached hydrogens (tertiary/aromatic N) is 1. The Morgan fingerprint density at radius 2 is 2.21 bits per heavy atom. The van der Waals surface area contributed by atoms with Crippen LogP contribution < -0.4 is 5.32 Å². The molecule has 1 atom stereocenters. The minimum atomic E-state index is -0.230. The fraction of sp³-hybridized carbons (Fsp3) is 0.267. The fourth-order valence-electron chi connectivity index (χ4n) is 2.04. The third-order valence-corrected chi connectivity index (χ3v) is 3.60. The lowest BCUT2D eigenvalue weighted by molar-refractivity contribution is 0.541. The molecule has 4 heteroatoms. The van der Waals surface area contributed by atoms with Gasteiger partial charge in [-0.3, -0.25) is 4.98 Å². The van der Waals surface area contributed by atoms with E-state index in [1.54, 1.807) is 18.3 Å². The number of hydrogen-bond donors (Lipinski definition) is 1. The zero-order valence-electron chi connectivity index (χ0n) is 10.7. The van der Waals surface area contributed by atoms with Crippen LogP contribution in [0.3, 0.4) is 0 Å². The number of hydrogen-bond acceptors (Lipinski definition) is 2. The number of halogens is 2. The van der Waals surface area contributed by atoms with E-state index in [1.807, 2.05) is 31.3 Å². The molecule has 0 saturated carbocycles.